The second-order valence-electron chi connectivity index (χ2n) is 2.49. The average Bonchev–Trinajstić information content (AvgIpc) is 1.99. The van der Waals surface area contributed by atoms with Gasteiger partial charge >= 0.3 is 0 Å². The van der Waals surface area contributed by atoms with Crippen LogP contribution in [0.1, 0.15) is 13.8 Å². The van der Waals surface area contributed by atoms with Crippen LogP contribution in [0.3, 0.4) is 0 Å². The zero-order valence-electron chi connectivity index (χ0n) is 7.03. The summed E-state index contributed by atoms with van der Waals surface area (Å²) < 4.78 is 0. The highest BCUT2D eigenvalue weighted by Crippen LogP contribution is 2.06. The highest BCUT2D eigenvalue weighted by molar-refractivity contribution is 8.13. The first-order chi connectivity index (χ1) is 5.11. The predicted octanol–water partition coefficient (Wildman–Crippen LogP) is 1.21. The van der Waals surface area contributed by atoms with Gasteiger partial charge in [-0.1, -0.05) is 25.6 Å². The number of nitriles is 1. The predicted molar refractivity (Wildman–Crippen MR) is 49.4 cm³/mol. The SMILES string of the molecule is CSC(N)=NC(C#N)C(C)C. The molecule has 0 aromatic rings. The van der Waals surface area contributed by atoms with Gasteiger partial charge in [-0.3, -0.25) is 0 Å². The monoisotopic (exact) mass is 171 g/mol. The standard InChI is InChI=1S/C7H13N3S/c1-5(2)6(4-8)10-7(9)11-3/h5-6H,1-3H3,(H2,9,10). The fraction of sp³-hybridized carbons (Fsp3) is 0.714. The molecule has 0 amide bonds. The average molecular weight is 171 g/mol. The molecule has 0 fully saturated rings. The maximum atomic E-state index is 8.62. The third-order valence-corrected chi connectivity index (χ3v) is 1.76. The lowest BCUT2D eigenvalue weighted by Gasteiger charge is -2.07. The summed E-state index contributed by atoms with van der Waals surface area (Å²) in [5, 5.41) is 9.10. The summed E-state index contributed by atoms with van der Waals surface area (Å²) >= 11 is 1.36. The van der Waals surface area contributed by atoms with Gasteiger partial charge in [0, 0.05) is 0 Å². The van der Waals surface area contributed by atoms with Crippen LogP contribution >= 0.6 is 11.8 Å². The van der Waals surface area contributed by atoms with Crippen LogP contribution in [-0.2, 0) is 0 Å². The van der Waals surface area contributed by atoms with Crippen LogP contribution in [0.2, 0.25) is 0 Å². The van der Waals surface area contributed by atoms with Crippen molar-refractivity contribution in [2.24, 2.45) is 16.6 Å². The molecule has 0 saturated heterocycles. The Morgan fingerprint density at radius 1 is 1.64 bits per heavy atom. The maximum Gasteiger partial charge on any atom is 0.154 e. The number of amidine groups is 1. The van der Waals surface area contributed by atoms with Gasteiger partial charge in [0.15, 0.2) is 5.17 Å². The first kappa shape index (κ1) is 10.3. The van der Waals surface area contributed by atoms with E-state index in [0.29, 0.717) is 5.17 Å². The Labute approximate surface area is 71.7 Å². The van der Waals surface area contributed by atoms with E-state index in [9.17, 15) is 0 Å². The Morgan fingerprint density at radius 3 is 2.45 bits per heavy atom. The topological polar surface area (TPSA) is 62.2 Å². The Bertz CT molecular complexity index is 181. The third kappa shape index (κ3) is 3.89. The second kappa shape index (κ2) is 5.03. The minimum absolute atomic E-state index is 0.227. The molecule has 0 spiro atoms. The molecule has 0 heterocycles. The molecule has 62 valence electrons. The lowest BCUT2D eigenvalue weighted by atomic mass is 10.1. The molecular weight excluding hydrogens is 158 g/mol. The maximum absolute atomic E-state index is 8.62. The summed E-state index contributed by atoms with van der Waals surface area (Å²) in [4.78, 5) is 4.01. The van der Waals surface area contributed by atoms with Gasteiger partial charge in [-0.2, -0.15) is 5.26 Å². The zero-order valence-corrected chi connectivity index (χ0v) is 7.85. The number of nitrogens with two attached hydrogens (primary N) is 1. The molecule has 0 bridgehead atoms. The van der Waals surface area contributed by atoms with Gasteiger partial charge in [-0.15, -0.1) is 0 Å². The van der Waals surface area contributed by atoms with Crippen molar-refractivity contribution in [2.75, 3.05) is 6.26 Å². The van der Waals surface area contributed by atoms with E-state index in [0.717, 1.165) is 0 Å². The van der Waals surface area contributed by atoms with Crippen LogP contribution in [0.15, 0.2) is 4.99 Å². The Morgan fingerprint density at radius 2 is 2.18 bits per heavy atom. The van der Waals surface area contributed by atoms with Gasteiger partial charge in [0.25, 0.3) is 0 Å². The van der Waals surface area contributed by atoms with E-state index in [4.69, 9.17) is 11.0 Å². The summed E-state index contributed by atoms with van der Waals surface area (Å²) in [6, 6.07) is 1.78. The van der Waals surface area contributed by atoms with Gasteiger partial charge in [-0.25, -0.2) is 4.99 Å². The molecule has 1 unspecified atom stereocenters. The molecular formula is C7H13N3S. The summed E-state index contributed by atoms with van der Waals surface area (Å²) in [6.45, 7) is 3.90. The van der Waals surface area contributed by atoms with E-state index in [-0.39, 0.29) is 12.0 Å². The minimum atomic E-state index is -0.303. The molecule has 4 heteroatoms. The molecule has 0 rings (SSSR count). The van der Waals surface area contributed by atoms with E-state index in [1.165, 1.54) is 11.8 Å². The zero-order chi connectivity index (χ0) is 8.85. The molecule has 0 aliphatic heterocycles. The van der Waals surface area contributed by atoms with Crippen LogP contribution in [0.5, 0.6) is 0 Å². The Hall–Kier alpha value is -0.690. The van der Waals surface area contributed by atoms with Crippen LogP contribution in [0.25, 0.3) is 0 Å². The lowest BCUT2D eigenvalue weighted by Crippen LogP contribution is -2.16. The molecule has 0 aliphatic rings. The van der Waals surface area contributed by atoms with Gasteiger partial charge in [0.2, 0.25) is 0 Å². The van der Waals surface area contributed by atoms with Crippen molar-refractivity contribution in [2.45, 2.75) is 19.9 Å². The number of nitrogens with zero attached hydrogens (tertiary/aromatic N) is 2. The van der Waals surface area contributed by atoms with E-state index < -0.39 is 0 Å². The molecule has 0 aromatic heterocycles. The van der Waals surface area contributed by atoms with Gasteiger partial charge in [-0.05, 0) is 12.2 Å². The normalized spacial score (nSPS) is 14.6. The van der Waals surface area contributed by atoms with Crippen molar-refractivity contribution in [3.63, 3.8) is 0 Å². The largest absolute Gasteiger partial charge is 0.379 e. The van der Waals surface area contributed by atoms with Crippen molar-refractivity contribution >= 4 is 16.9 Å². The highest BCUT2D eigenvalue weighted by Gasteiger charge is 2.09. The molecule has 0 aliphatic carbocycles. The molecule has 0 aromatic carbocycles. The fourth-order valence-electron chi connectivity index (χ4n) is 0.517. The number of hydrogen-bond acceptors (Lipinski definition) is 3. The quantitative estimate of drug-likeness (QED) is 0.502. The summed E-state index contributed by atoms with van der Waals surface area (Å²) in [5.41, 5.74) is 5.45. The molecule has 0 saturated carbocycles. The van der Waals surface area contributed by atoms with Crippen LogP contribution in [-0.4, -0.2) is 17.5 Å². The minimum Gasteiger partial charge on any atom is -0.379 e. The van der Waals surface area contributed by atoms with Crippen molar-refractivity contribution in [3.8, 4) is 6.07 Å². The van der Waals surface area contributed by atoms with Crippen molar-refractivity contribution < 1.29 is 0 Å². The second-order valence-corrected chi connectivity index (χ2v) is 3.32. The molecule has 3 nitrogen and oxygen atoms in total. The summed E-state index contributed by atoms with van der Waals surface area (Å²) in [6.07, 6.45) is 1.84. The first-order valence-electron chi connectivity index (χ1n) is 3.38. The molecule has 1 atom stereocenters. The Balaban J connectivity index is 4.21. The fourth-order valence-corrected chi connectivity index (χ4v) is 0.736. The Kier molecular flexibility index (Phi) is 4.71. The molecule has 0 radical (unpaired) electrons. The molecule has 2 N–H and O–H groups in total. The third-order valence-electron chi connectivity index (χ3n) is 1.24. The summed E-state index contributed by atoms with van der Waals surface area (Å²) in [5.74, 6) is 0.227. The van der Waals surface area contributed by atoms with E-state index in [1.54, 1.807) is 0 Å². The van der Waals surface area contributed by atoms with Crippen molar-refractivity contribution in [1.29, 1.82) is 5.26 Å². The highest BCUT2D eigenvalue weighted by atomic mass is 32.2. The van der Waals surface area contributed by atoms with Crippen LogP contribution in [0.4, 0.5) is 0 Å². The van der Waals surface area contributed by atoms with E-state index in [2.05, 4.69) is 11.1 Å². The number of aliphatic imine (C=N–C) groups is 1. The lowest BCUT2D eigenvalue weighted by molar-refractivity contribution is 0.582. The number of hydrogen-bond donors (Lipinski definition) is 1. The summed E-state index contributed by atoms with van der Waals surface area (Å²) in [7, 11) is 0. The van der Waals surface area contributed by atoms with Gasteiger partial charge < -0.3 is 5.73 Å². The van der Waals surface area contributed by atoms with E-state index in [1.807, 2.05) is 20.1 Å². The van der Waals surface area contributed by atoms with Crippen LogP contribution < -0.4 is 5.73 Å². The van der Waals surface area contributed by atoms with E-state index >= 15 is 0 Å². The number of rotatable bonds is 2. The number of thioether (sulfide) groups is 1. The van der Waals surface area contributed by atoms with Crippen molar-refractivity contribution in [3.05, 3.63) is 0 Å². The smallest absolute Gasteiger partial charge is 0.154 e. The molecule has 11 heavy (non-hydrogen) atoms. The van der Waals surface area contributed by atoms with Gasteiger partial charge in [0.1, 0.15) is 6.04 Å². The van der Waals surface area contributed by atoms with Crippen molar-refractivity contribution in [1.82, 2.24) is 0 Å². The van der Waals surface area contributed by atoms with Crippen LogP contribution in [0, 0.1) is 17.2 Å². The van der Waals surface area contributed by atoms with Gasteiger partial charge in [0.05, 0.1) is 6.07 Å². The first-order valence-corrected chi connectivity index (χ1v) is 4.61.